The number of nitriles is 1. The van der Waals surface area contributed by atoms with Gasteiger partial charge in [0.2, 0.25) is 5.91 Å². The Kier molecular flexibility index (Phi) is 6.58. The van der Waals surface area contributed by atoms with E-state index >= 15 is 0 Å². The fourth-order valence-electron chi connectivity index (χ4n) is 2.51. The lowest BCUT2D eigenvalue weighted by Gasteiger charge is -2.07. The smallest absolute Gasteiger partial charge is 0.248 e. The second kappa shape index (κ2) is 9.74. The van der Waals surface area contributed by atoms with Crippen LogP contribution in [0.2, 0.25) is 0 Å². The van der Waals surface area contributed by atoms with E-state index in [2.05, 4.69) is 16.5 Å². The van der Waals surface area contributed by atoms with Gasteiger partial charge in [0.15, 0.2) is 0 Å². The first-order valence-electron chi connectivity index (χ1n) is 8.93. The molecular formula is C22H20N4O2. The third kappa shape index (κ3) is 5.58. The molecule has 0 fully saturated rings. The first-order chi connectivity index (χ1) is 13.7. The van der Waals surface area contributed by atoms with E-state index in [0.29, 0.717) is 30.9 Å². The van der Waals surface area contributed by atoms with E-state index in [1.165, 1.54) is 6.08 Å². The van der Waals surface area contributed by atoms with Crippen molar-refractivity contribution in [3.8, 4) is 17.5 Å². The summed E-state index contributed by atoms with van der Waals surface area (Å²) in [7, 11) is 0. The lowest BCUT2D eigenvalue weighted by molar-refractivity contribution is -0.111. The minimum atomic E-state index is -0.242. The SMILES string of the molecule is N#CCCCOc1cccc(NC(=O)/C=C/c2cnn(-c3ccccc3)c2)c1. The molecule has 28 heavy (non-hydrogen) atoms. The molecule has 1 heterocycles. The maximum atomic E-state index is 12.2. The van der Waals surface area contributed by atoms with Gasteiger partial charge in [-0.15, -0.1) is 0 Å². The Morgan fingerprint density at radius 1 is 1.21 bits per heavy atom. The van der Waals surface area contributed by atoms with E-state index in [1.54, 1.807) is 29.1 Å². The van der Waals surface area contributed by atoms with Gasteiger partial charge in [0, 0.05) is 36.0 Å². The molecule has 1 N–H and O–H groups in total. The topological polar surface area (TPSA) is 79.9 Å². The van der Waals surface area contributed by atoms with Gasteiger partial charge in [-0.05, 0) is 36.8 Å². The first kappa shape index (κ1) is 18.9. The molecule has 0 radical (unpaired) electrons. The Labute approximate surface area is 163 Å². The maximum Gasteiger partial charge on any atom is 0.248 e. The standard InChI is InChI=1S/C22H20N4O2/c23-13-4-5-14-28-21-10-6-7-19(15-21)25-22(27)12-11-18-16-24-26(17-18)20-8-2-1-3-9-20/h1-3,6-12,15-17H,4-5,14H2,(H,25,27)/b12-11+. The average Bonchev–Trinajstić information content (AvgIpc) is 3.20. The first-order valence-corrected chi connectivity index (χ1v) is 8.93. The quantitative estimate of drug-likeness (QED) is 0.474. The van der Waals surface area contributed by atoms with Crippen LogP contribution in [0.4, 0.5) is 5.69 Å². The van der Waals surface area contributed by atoms with Crippen molar-refractivity contribution >= 4 is 17.7 Å². The molecule has 0 saturated heterocycles. The van der Waals surface area contributed by atoms with Gasteiger partial charge in [0.25, 0.3) is 0 Å². The number of nitrogens with one attached hydrogen (secondary N) is 1. The van der Waals surface area contributed by atoms with Crippen LogP contribution >= 0.6 is 0 Å². The summed E-state index contributed by atoms with van der Waals surface area (Å²) in [5, 5.41) is 15.6. The molecule has 0 saturated carbocycles. The Morgan fingerprint density at radius 2 is 2.07 bits per heavy atom. The molecule has 6 nitrogen and oxygen atoms in total. The van der Waals surface area contributed by atoms with Gasteiger partial charge >= 0.3 is 0 Å². The highest BCUT2D eigenvalue weighted by Crippen LogP contribution is 2.18. The molecule has 0 aliphatic heterocycles. The van der Waals surface area contributed by atoms with Crippen molar-refractivity contribution in [1.82, 2.24) is 9.78 Å². The zero-order chi connectivity index (χ0) is 19.6. The zero-order valence-corrected chi connectivity index (χ0v) is 15.3. The third-order valence-corrected chi connectivity index (χ3v) is 3.85. The Bertz CT molecular complexity index is 987. The number of ether oxygens (including phenoxy) is 1. The lowest BCUT2D eigenvalue weighted by atomic mass is 10.2. The second-order valence-electron chi connectivity index (χ2n) is 6.01. The van der Waals surface area contributed by atoms with Gasteiger partial charge in [0.05, 0.1) is 24.6 Å². The minimum Gasteiger partial charge on any atom is -0.493 e. The van der Waals surface area contributed by atoms with Crippen molar-refractivity contribution in [2.24, 2.45) is 0 Å². The van der Waals surface area contributed by atoms with Crippen LogP contribution in [0.1, 0.15) is 18.4 Å². The summed E-state index contributed by atoms with van der Waals surface area (Å²) < 4.78 is 7.33. The van der Waals surface area contributed by atoms with Crippen molar-refractivity contribution < 1.29 is 9.53 Å². The summed E-state index contributed by atoms with van der Waals surface area (Å²) >= 11 is 0. The molecule has 0 bridgehead atoms. The van der Waals surface area contributed by atoms with E-state index < -0.39 is 0 Å². The second-order valence-corrected chi connectivity index (χ2v) is 6.01. The van der Waals surface area contributed by atoms with E-state index in [0.717, 1.165) is 11.3 Å². The van der Waals surface area contributed by atoms with Gasteiger partial charge < -0.3 is 10.1 Å². The Balaban J connectivity index is 1.55. The van der Waals surface area contributed by atoms with Crippen LogP contribution in [0.5, 0.6) is 5.75 Å². The molecule has 0 aliphatic carbocycles. The molecule has 2 aromatic carbocycles. The number of carbonyl (C=O) groups is 1. The van der Waals surface area contributed by atoms with Crippen LogP contribution in [-0.4, -0.2) is 22.3 Å². The van der Waals surface area contributed by atoms with Crippen molar-refractivity contribution in [1.29, 1.82) is 5.26 Å². The molecule has 3 rings (SSSR count). The summed E-state index contributed by atoms with van der Waals surface area (Å²) in [6.07, 6.45) is 7.87. The summed E-state index contributed by atoms with van der Waals surface area (Å²) in [5.41, 5.74) is 2.43. The molecule has 1 aromatic heterocycles. The Hall–Kier alpha value is -3.85. The highest BCUT2D eigenvalue weighted by molar-refractivity contribution is 6.01. The van der Waals surface area contributed by atoms with Gasteiger partial charge in [-0.2, -0.15) is 10.4 Å². The van der Waals surface area contributed by atoms with E-state index in [-0.39, 0.29) is 5.91 Å². The Morgan fingerprint density at radius 3 is 2.89 bits per heavy atom. The van der Waals surface area contributed by atoms with Gasteiger partial charge in [-0.25, -0.2) is 4.68 Å². The van der Waals surface area contributed by atoms with E-state index in [9.17, 15) is 4.79 Å². The number of unbranched alkanes of at least 4 members (excludes halogenated alkanes) is 1. The highest BCUT2D eigenvalue weighted by Gasteiger charge is 2.02. The van der Waals surface area contributed by atoms with E-state index in [1.807, 2.05) is 48.7 Å². The molecular weight excluding hydrogens is 352 g/mol. The minimum absolute atomic E-state index is 0.242. The molecule has 0 aliphatic rings. The lowest BCUT2D eigenvalue weighted by Crippen LogP contribution is -2.07. The van der Waals surface area contributed by atoms with E-state index in [4.69, 9.17) is 10.00 Å². The van der Waals surface area contributed by atoms with Crippen molar-refractivity contribution in [2.75, 3.05) is 11.9 Å². The van der Waals surface area contributed by atoms with Crippen molar-refractivity contribution in [3.05, 3.63) is 78.6 Å². The molecule has 1 amide bonds. The zero-order valence-electron chi connectivity index (χ0n) is 15.3. The molecule has 0 atom stereocenters. The van der Waals surface area contributed by atoms with Crippen LogP contribution < -0.4 is 10.1 Å². The maximum absolute atomic E-state index is 12.2. The summed E-state index contributed by atoms with van der Waals surface area (Å²) in [6, 6.07) is 19.0. The number of hydrogen-bond acceptors (Lipinski definition) is 4. The number of anilines is 1. The van der Waals surface area contributed by atoms with Crippen LogP contribution in [0.3, 0.4) is 0 Å². The van der Waals surface area contributed by atoms with Crippen LogP contribution in [0.15, 0.2) is 73.1 Å². The third-order valence-electron chi connectivity index (χ3n) is 3.85. The molecule has 0 spiro atoms. The number of nitrogens with zero attached hydrogens (tertiary/aromatic N) is 3. The summed E-state index contributed by atoms with van der Waals surface area (Å²) in [5.74, 6) is 0.415. The van der Waals surface area contributed by atoms with Crippen LogP contribution in [-0.2, 0) is 4.79 Å². The van der Waals surface area contributed by atoms with Gasteiger partial charge in [0.1, 0.15) is 5.75 Å². The predicted octanol–water partition coefficient (Wildman–Crippen LogP) is 4.21. The summed E-state index contributed by atoms with van der Waals surface area (Å²) in [6.45, 7) is 0.469. The summed E-state index contributed by atoms with van der Waals surface area (Å²) in [4.78, 5) is 12.2. The number of rotatable bonds is 8. The van der Waals surface area contributed by atoms with Crippen LogP contribution in [0, 0.1) is 11.3 Å². The highest BCUT2D eigenvalue weighted by atomic mass is 16.5. The number of benzene rings is 2. The largest absolute Gasteiger partial charge is 0.493 e. The number of carbonyl (C=O) groups excluding carboxylic acids is 1. The number of para-hydroxylation sites is 1. The molecule has 140 valence electrons. The molecule has 3 aromatic rings. The monoisotopic (exact) mass is 372 g/mol. The normalized spacial score (nSPS) is 10.5. The predicted molar refractivity (Wildman–Crippen MR) is 108 cm³/mol. The van der Waals surface area contributed by atoms with Gasteiger partial charge in [-0.3, -0.25) is 4.79 Å². The molecule has 0 unspecified atom stereocenters. The fraction of sp³-hybridized carbons (Fsp3) is 0.136. The fourth-order valence-corrected chi connectivity index (χ4v) is 2.51. The van der Waals surface area contributed by atoms with Crippen molar-refractivity contribution in [3.63, 3.8) is 0 Å². The number of amides is 1. The van der Waals surface area contributed by atoms with Gasteiger partial charge in [-0.1, -0.05) is 24.3 Å². The number of hydrogen-bond donors (Lipinski definition) is 1. The van der Waals surface area contributed by atoms with Crippen LogP contribution in [0.25, 0.3) is 11.8 Å². The molecule has 6 heteroatoms. The van der Waals surface area contributed by atoms with Crippen molar-refractivity contribution in [2.45, 2.75) is 12.8 Å². The number of aromatic nitrogens is 2. The average molecular weight is 372 g/mol.